The van der Waals surface area contributed by atoms with Crippen molar-refractivity contribution in [2.75, 3.05) is 0 Å². The molecule has 140 valence electrons. The number of aromatic nitrogens is 2. The Balaban J connectivity index is 1.86. The van der Waals surface area contributed by atoms with E-state index in [4.69, 9.17) is 4.74 Å². The number of ether oxygens (including phenoxy) is 1. The topological polar surface area (TPSA) is 19.1 Å². The molecule has 1 aliphatic carbocycles. The van der Waals surface area contributed by atoms with E-state index in [1.807, 2.05) is 0 Å². The molecule has 7 rings (SSSR count). The Hall–Kier alpha value is -1.56. The minimum absolute atomic E-state index is 0.0850. The molecule has 0 saturated carbocycles. The van der Waals surface area contributed by atoms with Gasteiger partial charge in [-0.25, -0.2) is 0 Å². The summed E-state index contributed by atoms with van der Waals surface area (Å²) >= 11 is 7.93. The van der Waals surface area contributed by atoms with Gasteiger partial charge in [0.2, 0.25) is 0 Å². The lowest BCUT2D eigenvalue weighted by Gasteiger charge is -2.21. The minimum Gasteiger partial charge on any atom is -0.334 e. The van der Waals surface area contributed by atoms with Crippen molar-refractivity contribution in [1.29, 1.82) is 0 Å². The van der Waals surface area contributed by atoms with Gasteiger partial charge in [-0.1, -0.05) is 31.2 Å². The third-order valence-electron chi connectivity index (χ3n) is 6.85. The van der Waals surface area contributed by atoms with Gasteiger partial charge in [0.1, 0.15) is 12.5 Å². The Labute approximate surface area is 179 Å². The molecule has 2 bridgehead atoms. The van der Waals surface area contributed by atoms with Gasteiger partial charge in [-0.05, 0) is 68.8 Å². The molecule has 2 aromatic carbocycles. The molecule has 2 aliphatic heterocycles. The summed E-state index contributed by atoms with van der Waals surface area (Å²) in [5, 5.41) is 3.93. The van der Waals surface area contributed by atoms with Crippen molar-refractivity contribution in [3.63, 3.8) is 0 Å². The lowest BCUT2D eigenvalue weighted by atomic mass is 10.00. The molecule has 0 radical (unpaired) electrons. The molecule has 1 fully saturated rings. The third-order valence-corrected chi connectivity index (χ3v) is 8.97. The summed E-state index contributed by atoms with van der Waals surface area (Å²) in [7, 11) is 0. The summed E-state index contributed by atoms with van der Waals surface area (Å²) in [4.78, 5) is 0. The molecule has 3 nitrogen and oxygen atoms in total. The number of fused-ring (bicyclic) bond motifs is 10. The number of hydrogen-bond acceptors (Lipinski definition) is 1. The molecule has 0 spiro atoms. The standard InChI is InChI=1S/C23H18Br2N2O/c1-11-10-16-26-14-8-4-2-6-12(14)17-19(24)20(25)18-13-7-3-5-9-15(13)27(23(11)28-16)22(18)21(17)26/h2,4-6,8-9,11,16,23H,3,7,10H2,1H3/t11?,16-,23?/m0/s1. The van der Waals surface area contributed by atoms with E-state index in [0.29, 0.717) is 5.92 Å². The average Bonchev–Trinajstić information content (AvgIpc) is 3.31. The largest absolute Gasteiger partial charge is 0.334 e. The first-order chi connectivity index (χ1) is 13.7. The molecular formula is C23H18Br2N2O. The van der Waals surface area contributed by atoms with Crippen LogP contribution in [0.3, 0.4) is 0 Å². The van der Waals surface area contributed by atoms with Crippen LogP contribution in [-0.4, -0.2) is 9.13 Å². The molecule has 3 atom stereocenters. The molecule has 3 aliphatic rings. The lowest BCUT2D eigenvalue weighted by molar-refractivity contribution is -0.0340. The molecule has 5 heteroatoms. The van der Waals surface area contributed by atoms with Gasteiger partial charge in [0.25, 0.3) is 0 Å². The molecule has 4 aromatic rings. The highest BCUT2D eigenvalue weighted by Gasteiger charge is 2.42. The van der Waals surface area contributed by atoms with Crippen LogP contribution in [0.1, 0.15) is 43.5 Å². The number of hydrogen-bond donors (Lipinski definition) is 0. The second-order valence-corrected chi connectivity index (χ2v) is 9.92. The van der Waals surface area contributed by atoms with Crippen molar-refractivity contribution < 1.29 is 4.74 Å². The quantitative estimate of drug-likeness (QED) is 0.249. The van der Waals surface area contributed by atoms with E-state index < -0.39 is 0 Å². The summed E-state index contributed by atoms with van der Waals surface area (Å²) in [6.45, 7) is 2.33. The van der Waals surface area contributed by atoms with Crippen LogP contribution < -0.4 is 0 Å². The number of nitrogens with zero attached hydrogens (tertiary/aromatic N) is 2. The molecule has 4 heterocycles. The maximum absolute atomic E-state index is 6.73. The van der Waals surface area contributed by atoms with E-state index in [1.54, 1.807) is 0 Å². The number of rotatable bonds is 0. The van der Waals surface area contributed by atoms with E-state index in [1.165, 1.54) is 48.4 Å². The highest BCUT2D eigenvalue weighted by Crippen LogP contribution is 2.55. The zero-order valence-electron chi connectivity index (χ0n) is 15.4. The second-order valence-electron chi connectivity index (χ2n) is 8.33. The first-order valence-corrected chi connectivity index (χ1v) is 11.5. The number of aryl methyl sites for hydroxylation is 1. The van der Waals surface area contributed by atoms with Crippen LogP contribution in [0.4, 0.5) is 0 Å². The number of benzene rings is 2. The van der Waals surface area contributed by atoms with Gasteiger partial charge in [-0.3, -0.25) is 0 Å². The summed E-state index contributed by atoms with van der Waals surface area (Å²) < 4.78 is 14.0. The Kier molecular flexibility index (Phi) is 3.09. The predicted molar refractivity (Wildman–Crippen MR) is 121 cm³/mol. The molecule has 28 heavy (non-hydrogen) atoms. The lowest BCUT2D eigenvalue weighted by Crippen LogP contribution is -2.15. The number of para-hydroxylation sites is 1. The van der Waals surface area contributed by atoms with Gasteiger partial charge in [0, 0.05) is 36.7 Å². The number of halogens is 2. The van der Waals surface area contributed by atoms with Gasteiger partial charge in [0.05, 0.1) is 16.6 Å². The van der Waals surface area contributed by atoms with Gasteiger partial charge in [-0.15, -0.1) is 0 Å². The zero-order valence-corrected chi connectivity index (χ0v) is 18.5. The smallest absolute Gasteiger partial charge is 0.139 e. The zero-order chi connectivity index (χ0) is 18.7. The molecular weight excluding hydrogens is 480 g/mol. The Morgan fingerprint density at radius 3 is 2.71 bits per heavy atom. The van der Waals surface area contributed by atoms with Crippen molar-refractivity contribution in [2.45, 2.75) is 38.6 Å². The van der Waals surface area contributed by atoms with E-state index >= 15 is 0 Å². The molecule has 1 saturated heterocycles. The van der Waals surface area contributed by atoms with E-state index in [2.05, 4.69) is 84.3 Å². The van der Waals surface area contributed by atoms with Crippen LogP contribution in [0.15, 0.2) is 39.3 Å². The average molecular weight is 498 g/mol. The van der Waals surface area contributed by atoms with Crippen molar-refractivity contribution in [3.8, 4) is 0 Å². The van der Waals surface area contributed by atoms with E-state index in [-0.39, 0.29) is 12.5 Å². The summed E-state index contributed by atoms with van der Waals surface area (Å²) in [5.74, 6) is 0.479. The van der Waals surface area contributed by atoms with Crippen molar-refractivity contribution in [1.82, 2.24) is 9.13 Å². The first kappa shape index (κ1) is 16.3. The van der Waals surface area contributed by atoms with E-state index in [9.17, 15) is 0 Å². The van der Waals surface area contributed by atoms with Crippen molar-refractivity contribution in [3.05, 3.63) is 50.5 Å². The Morgan fingerprint density at radius 2 is 1.82 bits per heavy atom. The maximum Gasteiger partial charge on any atom is 0.139 e. The predicted octanol–water partition coefficient (Wildman–Crippen LogP) is 7.30. The van der Waals surface area contributed by atoms with Crippen molar-refractivity contribution >= 4 is 70.6 Å². The molecule has 0 N–H and O–H groups in total. The van der Waals surface area contributed by atoms with Gasteiger partial charge < -0.3 is 13.9 Å². The Morgan fingerprint density at radius 1 is 1.04 bits per heavy atom. The van der Waals surface area contributed by atoms with Crippen LogP contribution in [-0.2, 0) is 11.2 Å². The first-order valence-electron chi connectivity index (χ1n) is 9.95. The molecule has 2 unspecified atom stereocenters. The normalized spacial score (nSPS) is 25.3. The Bertz CT molecular complexity index is 1380. The summed E-state index contributed by atoms with van der Waals surface area (Å²) in [6, 6.07) is 8.75. The fourth-order valence-electron chi connectivity index (χ4n) is 5.75. The highest BCUT2D eigenvalue weighted by atomic mass is 79.9. The van der Waals surface area contributed by atoms with Crippen LogP contribution >= 0.6 is 31.9 Å². The van der Waals surface area contributed by atoms with Crippen LogP contribution in [0.2, 0.25) is 0 Å². The van der Waals surface area contributed by atoms with Crippen molar-refractivity contribution in [2.24, 2.45) is 5.92 Å². The third kappa shape index (κ3) is 1.72. The van der Waals surface area contributed by atoms with Gasteiger partial charge >= 0.3 is 0 Å². The van der Waals surface area contributed by atoms with Crippen LogP contribution in [0.5, 0.6) is 0 Å². The second kappa shape index (κ2) is 5.32. The highest BCUT2D eigenvalue weighted by molar-refractivity contribution is 9.13. The summed E-state index contributed by atoms with van der Waals surface area (Å²) in [5.41, 5.74) is 6.69. The minimum atomic E-state index is 0.0850. The van der Waals surface area contributed by atoms with Crippen LogP contribution in [0.25, 0.3) is 38.8 Å². The monoisotopic (exact) mass is 496 g/mol. The SMILES string of the molecule is CC1C[C@@H]2OC1n1c3c(c4c(Br)c(Br)c5c6ccccc6n2c5c41)CCC=C3. The maximum atomic E-state index is 6.73. The van der Waals surface area contributed by atoms with Gasteiger partial charge in [-0.2, -0.15) is 0 Å². The summed E-state index contributed by atoms with van der Waals surface area (Å²) in [6.07, 6.45) is 8.02. The van der Waals surface area contributed by atoms with Gasteiger partial charge in [0.15, 0.2) is 0 Å². The number of allylic oxidation sites excluding steroid dienone is 1. The molecule has 0 amide bonds. The van der Waals surface area contributed by atoms with Crippen LogP contribution in [0, 0.1) is 5.92 Å². The van der Waals surface area contributed by atoms with E-state index in [0.717, 1.165) is 23.7 Å². The fourth-order valence-corrected chi connectivity index (χ4v) is 6.98. The fraction of sp³-hybridized carbons (Fsp3) is 0.304. The molecule has 2 aromatic heterocycles.